The van der Waals surface area contributed by atoms with Crippen molar-refractivity contribution in [1.82, 2.24) is 0 Å². The van der Waals surface area contributed by atoms with Gasteiger partial charge in [0.2, 0.25) is 5.91 Å². The van der Waals surface area contributed by atoms with Crippen LogP contribution in [0.15, 0.2) is 18.2 Å². The van der Waals surface area contributed by atoms with E-state index in [0.29, 0.717) is 11.4 Å². The van der Waals surface area contributed by atoms with Crippen LogP contribution in [-0.4, -0.2) is 13.2 Å². The van der Waals surface area contributed by atoms with Gasteiger partial charge in [0.05, 0.1) is 11.4 Å². The molecule has 13 heavy (non-hydrogen) atoms. The van der Waals surface area contributed by atoms with E-state index in [1.807, 2.05) is 18.2 Å². The van der Waals surface area contributed by atoms with Gasteiger partial charge in [0, 0.05) is 6.92 Å². The van der Waals surface area contributed by atoms with Crippen LogP contribution in [0.2, 0.25) is 6.82 Å². The van der Waals surface area contributed by atoms with Crippen LogP contribution in [0.5, 0.6) is 0 Å². The van der Waals surface area contributed by atoms with E-state index in [2.05, 4.69) is 12.1 Å². The van der Waals surface area contributed by atoms with Gasteiger partial charge in [-0.1, -0.05) is 18.4 Å². The zero-order chi connectivity index (χ0) is 9.84. The summed E-state index contributed by atoms with van der Waals surface area (Å²) < 4.78 is 0. The number of benzene rings is 1. The van der Waals surface area contributed by atoms with Gasteiger partial charge in [-0.3, -0.25) is 4.79 Å². The minimum absolute atomic E-state index is 0.101. The lowest BCUT2D eigenvalue weighted by molar-refractivity contribution is -0.114. The van der Waals surface area contributed by atoms with Gasteiger partial charge in [-0.15, -0.1) is 0 Å². The summed E-state index contributed by atoms with van der Waals surface area (Å²) in [5.74, 6) is -0.101. The monoisotopic (exact) mass is 176 g/mol. The van der Waals surface area contributed by atoms with Crippen molar-refractivity contribution in [3.63, 3.8) is 0 Å². The maximum atomic E-state index is 10.8. The van der Waals surface area contributed by atoms with Gasteiger partial charge >= 0.3 is 0 Å². The van der Waals surface area contributed by atoms with E-state index in [4.69, 9.17) is 5.73 Å². The molecule has 0 atom stereocenters. The molecule has 0 aliphatic carbocycles. The van der Waals surface area contributed by atoms with Crippen molar-refractivity contribution in [2.75, 3.05) is 11.1 Å². The van der Waals surface area contributed by atoms with Crippen molar-refractivity contribution in [2.45, 2.75) is 13.7 Å². The Hall–Kier alpha value is -1.45. The van der Waals surface area contributed by atoms with E-state index >= 15 is 0 Å². The van der Waals surface area contributed by atoms with Crippen LogP contribution in [0, 0.1) is 0 Å². The van der Waals surface area contributed by atoms with Crippen LogP contribution >= 0.6 is 0 Å². The van der Waals surface area contributed by atoms with Gasteiger partial charge in [0.1, 0.15) is 0 Å². The summed E-state index contributed by atoms with van der Waals surface area (Å²) in [7, 11) is 0.949. The molecule has 68 valence electrons. The summed E-state index contributed by atoms with van der Waals surface area (Å²) in [6.45, 7) is 3.53. The topological polar surface area (TPSA) is 55.1 Å². The van der Waals surface area contributed by atoms with Gasteiger partial charge in [-0.05, 0) is 12.1 Å². The normalized spacial score (nSPS) is 9.38. The summed E-state index contributed by atoms with van der Waals surface area (Å²) in [5, 5.41) is 2.66. The molecule has 0 radical (unpaired) electrons. The first-order valence-corrected chi connectivity index (χ1v) is 4.29. The Morgan fingerprint density at radius 3 is 2.69 bits per heavy atom. The molecule has 0 saturated carbocycles. The molecule has 0 aromatic heterocycles. The quantitative estimate of drug-likeness (QED) is 0.504. The molecule has 1 aromatic carbocycles. The van der Waals surface area contributed by atoms with Gasteiger partial charge in [-0.2, -0.15) is 0 Å². The highest BCUT2D eigenvalue weighted by atomic mass is 16.1. The Balaban J connectivity index is 2.91. The number of carbonyl (C=O) groups is 1. The van der Waals surface area contributed by atoms with Crippen molar-refractivity contribution in [3.05, 3.63) is 18.2 Å². The molecular formula is C9H13BN2O. The van der Waals surface area contributed by atoms with Crippen molar-refractivity contribution in [3.8, 4) is 0 Å². The second-order valence-electron chi connectivity index (χ2n) is 2.96. The highest BCUT2D eigenvalue weighted by molar-refractivity contribution is 6.52. The molecule has 4 heteroatoms. The van der Waals surface area contributed by atoms with E-state index < -0.39 is 0 Å². The number of nitrogens with two attached hydrogens (primary N) is 1. The number of rotatable bonds is 2. The third kappa shape index (κ3) is 2.51. The third-order valence-corrected chi connectivity index (χ3v) is 1.83. The lowest BCUT2D eigenvalue weighted by Gasteiger charge is -2.06. The van der Waals surface area contributed by atoms with E-state index in [-0.39, 0.29) is 5.91 Å². The minimum Gasteiger partial charge on any atom is -0.397 e. The Morgan fingerprint density at radius 1 is 1.54 bits per heavy atom. The van der Waals surface area contributed by atoms with Crippen LogP contribution in [0.3, 0.4) is 0 Å². The van der Waals surface area contributed by atoms with Gasteiger partial charge in [-0.25, -0.2) is 0 Å². The standard InChI is InChI=1S/C9H13BN2O/c1-6(13)12-9-4-3-7(10-2)5-8(9)11/h3-5,10H,11H2,1-2H3,(H,12,13). The van der Waals surface area contributed by atoms with Crippen LogP contribution in [0.25, 0.3) is 0 Å². The van der Waals surface area contributed by atoms with E-state index in [1.54, 1.807) is 0 Å². The lowest BCUT2D eigenvalue weighted by atomic mass is 9.73. The molecule has 3 nitrogen and oxygen atoms in total. The molecule has 3 N–H and O–H groups in total. The fourth-order valence-corrected chi connectivity index (χ4v) is 1.14. The summed E-state index contributed by atoms with van der Waals surface area (Å²) in [6.07, 6.45) is 0. The fourth-order valence-electron chi connectivity index (χ4n) is 1.14. The van der Waals surface area contributed by atoms with Crippen molar-refractivity contribution in [2.24, 2.45) is 0 Å². The second-order valence-corrected chi connectivity index (χ2v) is 2.96. The van der Waals surface area contributed by atoms with Crippen LogP contribution in [-0.2, 0) is 4.79 Å². The summed E-state index contributed by atoms with van der Waals surface area (Å²) >= 11 is 0. The van der Waals surface area contributed by atoms with Crippen molar-refractivity contribution < 1.29 is 4.79 Å². The molecule has 0 unspecified atom stereocenters. The third-order valence-electron chi connectivity index (χ3n) is 1.83. The summed E-state index contributed by atoms with van der Waals surface area (Å²) in [6, 6.07) is 5.67. The highest BCUT2D eigenvalue weighted by Gasteiger charge is 2.01. The number of hydrogen-bond donors (Lipinski definition) is 2. The second kappa shape index (κ2) is 3.98. The largest absolute Gasteiger partial charge is 0.397 e. The number of hydrogen-bond acceptors (Lipinski definition) is 2. The average Bonchev–Trinajstić information content (AvgIpc) is 2.08. The average molecular weight is 176 g/mol. The zero-order valence-corrected chi connectivity index (χ0v) is 7.92. The maximum absolute atomic E-state index is 10.8. The Morgan fingerprint density at radius 2 is 2.23 bits per heavy atom. The summed E-state index contributed by atoms with van der Waals surface area (Å²) in [5.41, 5.74) is 8.21. The molecular weight excluding hydrogens is 163 g/mol. The Labute approximate surface area is 78.6 Å². The predicted octanol–water partition coefficient (Wildman–Crippen LogP) is 0.337. The van der Waals surface area contributed by atoms with Gasteiger partial charge in [0.15, 0.2) is 7.28 Å². The zero-order valence-electron chi connectivity index (χ0n) is 7.92. The molecule has 0 aliphatic heterocycles. The minimum atomic E-state index is -0.101. The lowest BCUT2D eigenvalue weighted by Crippen LogP contribution is -2.14. The molecule has 0 fully saturated rings. The van der Waals surface area contributed by atoms with Crippen molar-refractivity contribution in [1.29, 1.82) is 0 Å². The first-order chi connectivity index (χ1) is 6.13. The van der Waals surface area contributed by atoms with Crippen LogP contribution < -0.4 is 16.5 Å². The maximum Gasteiger partial charge on any atom is 0.221 e. The number of nitrogens with one attached hydrogen (secondary N) is 1. The molecule has 1 amide bonds. The number of anilines is 2. The number of amides is 1. The smallest absolute Gasteiger partial charge is 0.221 e. The number of carbonyl (C=O) groups excluding carboxylic acids is 1. The van der Waals surface area contributed by atoms with E-state index in [9.17, 15) is 4.79 Å². The molecule has 0 saturated heterocycles. The van der Waals surface area contributed by atoms with Crippen molar-refractivity contribution >= 4 is 30.0 Å². The molecule has 1 rings (SSSR count). The summed E-state index contributed by atoms with van der Waals surface area (Å²) in [4.78, 5) is 10.8. The fraction of sp³-hybridized carbons (Fsp3) is 0.222. The molecule has 0 heterocycles. The number of nitrogen functional groups attached to an aromatic ring is 1. The van der Waals surface area contributed by atoms with E-state index in [0.717, 1.165) is 7.28 Å². The SMILES string of the molecule is CBc1ccc(NC(C)=O)c(N)c1. The Kier molecular flexibility index (Phi) is 2.95. The van der Waals surface area contributed by atoms with Gasteiger partial charge < -0.3 is 11.1 Å². The van der Waals surface area contributed by atoms with Crippen LogP contribution in [0.4, 0.5) is 11.4 Å². The highest BCUT2D eigenvalue weighted by Crippen LogP contribution is 2.15. The first kappa shape index (κ1) is 9.64. The predicted molar refractivity (Wildman–Crippen MR) is 57.8 cm³/mol. The molecule has 0 spiro atoms. The molecule has 0 bridgehead atoms. The molecule has 1 aromatic rings. The molecule has 0 aliphatic rings. The van der Waals surface area contributed by atoms with Crippen LogP contribution in [0.1, 0.15) is 6.92 Å². The van der Waals surface area contributed by atoms with Gasteiger partial charge in [0.25, 0.3) is 0 Å². The van der Waals surface area contributed by atoms with E-state index in [1.165, 1.54) is 12.4 Å². The Bertz CT molecular complexity index is 325. The first-order valence-electron chi connectivity index (χ1n) is 4.29.